The van der Waals surface area contributed by atoms with Gasteiger partial charge in [-0.15, -0.1) is 0 Å². The van der Waals surface area contributed by atoms with Gasteiger partial charge in [0.1, 0.15) is 0 Å². The van der Waals surface area contributed by atoms with E-state index in [0.29, 0.717) is 4.41 Å². The Labute approximate surface area is 50.5 Å². The van der Waals surface area contributed by atoms with Crippen LogP contribution in [0.25, 0.3) is 0 Å². The standard InChI is InChI=1S/C4H9O.Ti/c1-3-5-4-2;/h3H,4H2,1-2H3;. The molecule has 1 atom stereocenters. The van der Waals surface area contributed by atoms with Crippen molar-refractivity contribution in [2.24, 2.45) is 0 Å². The van der Waals surface area contributed by atoms with E-state index in [1.807, 2.05) is 34.3 Å². The van der Waals surface area contributed by atoms with Crippen molar-refractivity contribution in [2.45, 2.75) is 18.3 Å². The molecule has 0 radical (unpaired) electrons. The first-order valence-electron chi connectivity index (χ1n) is 2.10. The summed E-state index contributed by atoms with van der Waals surface area (Å²) in [6.07, 6.45) is 0. The van der Waals surface area contributed by atoms with E-state index in [9.17, 15) is 0 Å². The molecule has 1 nitrogen and oxygen atoms in total. The third kappa shape index (κ3) is 4.67. The average molecular weight is 121 g/mol. The molecule has 0 aromatic heterocycles. The molecule has 0 amide bonds. The summed E-state index contributed by atoms with van der Waals surface area (Å²) < 4.78 is 5.44. The minimum atomic E-state index is 0.398. The van der Waals surface area contributed by atoms with Crippen molar-refractivity contribution in [2.75, 3.05) is 6.61 Å². The van der Waals surface area contributed by atoms with Gasteiger partial charge < -0.3 is 0 Å². The van der Waals surface area contributed by atoms with Crippen LogP contribution >= 0.6 is 0 Å². The maximum absolute atomic E-state index is 5.04. The normalized spacial score (nSPS) is 14.2. The SMILES string of the molecule is CCO[CH](C)[Ti]. The van der Waals surface area contributed by atoms with Gasteiger partial charge in [0.25, 0.3) is 0 Å². The molecule has 0 aliphatic carbocycles. The second-order valence-electron chi connectivity index (χ2n) is 1.10. The van der Waals surface area contributed by atoms with Gasteiger partial charge in [0, 0.05) is 0 Å². The second-order valence-corrected chi connectivity index (χ2v) is 2.37. The molecule has 0 aromatic rings. The van der Waals surface area contributed by atoms with E-state index in [4.69, 9.17) is 4.74 Å². The fourth-order valence-corrected chi connectivity index (χ4v) is 0.510. The van der Waals surface area contributed by atoms with Crippen LogP contribution in [0.3, 0.4) is 0 Å². The minimum absolute atomic E-state index is 0.398. The Bertz CT molecular complexity index is 28.7. The molecule has 0 aromatic carbocycles. The van der Waals surface area contributed by atoms with Gasteiger partial charge in [0.05, 0.1) is 0 Å². The van der Waals surface area contributed by atoms with Crippen molar-refractivity contribution in [1.82, 2.24) is 0 Å². The zero-order valence-corrected chi connectivity index (χ0v) is 5.75. The van der Waals surface area contributed by atoms with Crippen LogP contribution in [-0.2, 0) is 25.2 Å². The van der Waals surface area contributed by atoms with E-state index < -0.39 is 0 Å². The molecule has 35 valence electrons. The molecule has 0 saturated carbocycles. The molecular weight excluding hydrogens is 112 g/mol. The third-order valence-corrected chi connectivity index (χ3v) is 0.677. The Morgan fingerprint density at radius 3 is 2.33 bits per heavy atom. The molecule has 0 saturated heterocycles. The molecule has 0 spiro atoms. The van der Waals surface area contributed by atoms with E-state index in [0.717, 1.165) is 6.61 Å². The summed E-state index contributed by atoms with van der Waals surface area (Å²) in [6, 6.07) is 0. The average Bonchev–Trinajstić information content (AvgIpc) is 1.35. The van der Waals surface area contributed by atoms with E-state index in [-0.39, 0.29) is 0 Å². The Balaban J connectivity index is 2.63. The van der Waals surface area contributed by atoms with Gasteiger partial charge in [-0.2, -0.15) is 0 Å². The van der Waals surface area contributed by atoms with Gasteiger partial charge in [0.15, 0.2) is 0 Å². The Kier molecular flexibility index (Phi) is 4.28. The van der Waals surface area contributed by atoms with E-state index >= 15 is 0 Å². The van der Waals surface area contributed by atoms with Crippen LogP contribution in [-0.4, -0.2) is 11.0 Å². The van der Waals surface area contributed by atoms with Crippen molar-refractivity contribution in [3.05, 3.63) is 0 Å². The predicted molar refractivity (Wildman–Crippen MR) is 21.1 cm³/mol. The molecule has 2 heteroatoms. The quantitative estimate of drug-likeness (QED) is 0.493. The fourth-order valence-electron chi connectivity index (χ4n) is 0.250. The Morgan fingerprint density at radius 1 is 1.83 bits per heavy atom. The summed E-state index contributed by atoms with van der Waals surface area (Å²) in [5.41, 5.74) is 0. The van der Waals surface area contributed by atoms with Crippen LogP contribution in [0, 0.1) is 0 Å². The molecule has 0 fully saturated rings. The summed E-state index contributed by atoms with van der Waals surface area (Å²) in [4.78, 5) is 0. The van der Waals surface area contributed by atoms with Crippen molar-refractivity contribution < 1.29 is 25.2 Å². The molecule has 0 aliphatic rings. The van der Waals surface area contributed by atoms with Gasteiger partial charge in [-0.25, -0.2) is 0 Å². The first-order valence-corrected chi connectivity index (χ1v) is 3.00. The topological polar surface area (TPSA) is 9.23 Å². The third-order valence-electron chi connectivity index (χ3n) is 0.417. The molecule has 0 aliphatic heterocycles. The van der Waals surface area contributed by atoms with Gasteiger partial charge >= 0.3 is 50.0 Å². The van der Waals surface area contributed by atoms with Crippen LogP contribution < -0.4 is 0 Å². The number of hydrogen-bond acceptors (Lipinski definition) is 1. The number of hydrogen-bond donors (Lipinski definition) is 0. The predicted octanol–water partition coefficient (Wildman–Crippen LogP) is 0.916. The van der Waals surface area contributed by atoms with E-state index in [1.165, 1.54) is 0 Å². The number of rotatable bonds is 2. The molecule has 0 N–H and O–H groups in total. The molecule has 0 bridgehead atoms. The molecular formula is C4H9OTi. The first-order chi connectivity index (χ1) is 2.77. The van der Waals surface area contributed by atoms with Crippen molar-refractivity contribution >= 4 is 0 Å². The monoisotopic (exact) mass is 121 g/mol. The van der Waals surface area contributed by atoms with Gasteiger partial charge in [-0.3, -0.25) is 0 Å². The first kappa shape index (κ1) is 6.67. The zero-order valence-electron chi connectivity index (χ0n) is 4.19. The van der Waals surface area contributed by atoms with Gasteiger partial charge in [-0.1, -0.05) is 0 Å². The molecule has 1 unspecified atom stereocenters. The van der Waals surface area contributed by atoms with Crippen LogP contribution in [0.5, 0.6) is 0 Å². The van der Waals surface area contributed by atoms with Crippen molar-refractivity contribution in [3.8, 4) is 0 Å². The Hall–Kier alpha value is 0.674. The zero-order chi connectivity index (χ0) is 4.99. The molecule has 6 heavy (non-hydrogen) atoms. The molecule has 0 heterocycles. The summed E-state index contributed by atoms with van der Waals surface area (Å²) in [5, 5.41) is 0. The maximum atomic E-state index is 5.04. The van der Waals surface area contributed by atoms with E-state index in [2.05, 4.69) is 0 Å². The van der Waals surface area contributed by atoms with Crippen molar-refractivity contribution in [1.29, 1.82) is 0 Å². The fraction of sp³-hybridized carbons (Fsp3) is 1.00. The Morgan fingerprint density at radius 2 is 2.33 bits per heavy atom. The summed E-state index contributed by atoms with van der Waals surface area (Å²) in [5.74, 6) is 0. The second kappa shape index (κ2) is 3.85. The van der Waals surface area contributed by atoms with Crippen LogP contribution in [0.1, 0.15) is 13.8 Å². The molecule has 0 rings (SSSR count). The van der Waals surface area contributed by atoms with Gasteiger partial charge in [0.2, 0.25) is 0 Å². The van der Waals surface area contributed by atoms with Crippen LogP contribution in [0.15, 0.2) is 0 Å². The van der Waals surface area contributed by atoms with Crippen LogP contribution in [0.4, 0.5) is 0 Å². The number of ether oxygens (including phenoxy) is 1. The van der Waals surface area contributed by atoms with Crippen molar-refractivity contribution in [3.63, 3.8) is 0 Å². The van der Waals surface area contributed by atoms with Gasteiger partial charge in [-0.05, 0) is 0 Å². The summed E-state index contributed by atoms with van der Waals surface area (Å²) >= 11 is 2.03. The summed E-state index contributed by atoms with van der Waals surface area (Å²) in [7, 11) is 0. The van der Waals surface area contributed by atoms with E-state index in [1.54, 1.807) is 0 Å². The van der Waals surface area contributed by atoms with Crippen LogP contribution in [0.2, 0.25) is 0 Å². The summed E-state index contributed by atoms with van der Waals surface area (Å²) in [6.45, 7) is 4.86.